The Labute approximate surface area is 168 Å². The number of nitrogens with zero attached hydrogens (tertiary/aromatic N) is 3. The Balaban J connectivity index is 1.51. The van der Waals surface area contributed by atoms with E-state index in [1.54, 1.807) is 48.4 Å². The van der Waals surface area contributed by atoms with Crippen molar-refractivity contribution in [2.24, 2.45) is 4.99 Å². The maximum atomic E-state index is 13.7. The molecule has 29 heavy (non-hydrogen) atoms. The lowest BCUT2D eigenvalue weighted by Gasteiger charge is -2.13. The third-order valence-corrected chi connectivity index (χ3v) is 4.16. The highest BCUT2D eigenvalue weighted by molar-refractivity contribution is 5.90. The molecule has 0 aliphatic carbocycles. The van der Waals surface area contributed by atoms with Crippen molar-refractivity contribution in [1.29, 1.82) is 0 Å². The van der Waals surface area contributed by atoms with Crippen LogP contribution < -0.4 is 16.0 Å². The number of aliphatic imine (C=N–C) groups is 1. The smallest absolute Gasteiger partial charge is 0.246 e. The zero-order valence-electron chi connectivity index (χ0n) is 16.1. The van der Waals surface area contributed by atoms with E-state index >= 15 is 0 Å². The first-order chi connectivity index (χ1) is 14.1. The van der Waals surface area contributed by atoms with E-state index < -0.39 is 0 Å². The quantitative estimate of drug-likeness (QED) is 0.425. The number of benzene rings is 2. The van der Waals surface area contributed by atoms with E-state index in [9.17, 15) is 9.18 Å². The van der Waals surface area contributed by atoms with E-state index in [-0.39, 0.29) is 18.3 Å². The normalized spacial score (nSPS) is 11.2. The first kappa shape index (κ1) is 20.1. The standard InChI is InChI=1S/C21H23FN6O/c1-23-21(25-14-17-7-2-3-9-19(17)22)24-13-16-6-4-8-18(12-16)27-20(29)15-28-11-5-10-26-28/h2-12H,13-15H2,1H3,(H,27,29)(H2,23,24,25). The van der Waals surface area contributed by atoms with Crippen LogP contribution in [0.25, 0.3) is 0 Å². The van der Waals surface area contributed by atoms with Gasteiger partial charge in [0.25, 0.3) is 0 Å². The number of anilines is 1. The minimum Gasteiger partial charge on any atom is -0.352 e. The molecule has 0 saturated heterocycles. The summed E-state index contributed by atoms with van der Waals surface area (Å²) in [5.74, 6) is 0.150. The fourth-order valence-corrected chi connectivity index (χ4v) is 2.73. The lowest BCUT2D eigenvalue weighted by molar-refractivity contribution is -0.116. The summed E-state index contributed by atoms with van der Waals surface area (Å²) >= 11 is 0. The monoisotopic (exact) mass is 394 g/mol. The van der Waals surface area contributed by atoms with Crippen LogP contribution in [-0.2, 0) is 24.4 Å². The van der Waals surface area contributed by atoms with E-state index in [1.807, 2.05) is 24.3 Å². The maximum absolute atomic E-state index is 13.7. The molecule has 0 radical (unpaired) electrons. The molecular formula is C21H23FN6O. The van der Waals surface area contributed by atoms with Gasteiger partial charge in [-0.25, -0.2) is 4.39 Å². The van der Waals surface area contributed by atoms with E-state index in [0.717, 1.165) is 5.56 Å². The van der Waals surface area contributed by atoms with Gasteiger partial charge in [0.15, 0.2) is 5.96 Å². The first-order valence-corrected chi connectivity index (χ1v) is 9.18. The summed E-state index contributed by atoms with van der Waals surface area (Å²) in [5, 5.41) is 13.2. The molecule has 1 heterocycles. The van der Waals surface area contributed by atoms with Gasteiger partial charge in [-0.3, -0.25) is 14.5 Å². The molecule has 1 amide bonds. The van der Waals surface area contributed by atoms with Crippen molar-refractivity contribution in [2.75, 3.05) is 12.4 Å². The van der Waals surface area contributed by atoms with Gasteiger partial charge < -0.3 is 16.0 Å². The summed E-state index contributed by atoms with van der Waals surface area (Å²) < 4.78 is 15.3. The summed E-state index contributed by atoms with van der Waals surface area (Å²) in [7, 11) is 1.66. The van der Waals surface area contributed by atoms with Crippen molar-refractivity contribution in [1.82, 2.24) is 20.4 Å². The molecule has 3 rings (SSSR count). The number of amides is 1. The second-order valence-corrected chi connectivity index (χ2v) is 6.32. The van der Waals surface area contributed by atoms with Crippen LogP contribution in [0.15, 0.2) is 72.0 Å². The SMILES string of the molecule is CN=C(NCc1cccc(NC(=O)Cn2cccn2)c1)NCc1ccccc1F. The summed E-state index contributed by atoms with van der Waals surface area (Å²) in [6.07, 6.45) is 3.37. The van der Waals surface area contributed by atoms with Crippen LogP contribution in [0.4, 0.5) is 10.1 Å². The van der Waals surface area contributed by atoms with Gasteiger partial charge in [0.05, 0.1) is 0 Å². The molecule has 0 unspecified atom stereocenters. The highest BCUT2D eigenvalue weighted by atomic mass is 19.1. The predicted octanol–water partition coefficient (Wildman–Crippen LogP) is 2.53. The third kappa shape index (κ3) is 6.17. The van der Waals surface area contributed by atoms with Crippen LogP contribution in [-0.4, -0.2) is 28.7 Å². The molecule has 3 aromatic rings. The Morgan fingerprint density at radius 2 is 1.93 bits per heavy atom. The van der Waals surface area contributed by atoms with Crippen LogP contribution in [0.5, 0.6) is 0 Å². The zero-order chi connectivity index (χ0) is 20.5. The van der Waals surface area contributed by atoms with Crippen LogP contribution in [0.2, 0.25) is 0 Å². The average Bonchev–Trinajstić information content (AvgIpc) is 3.22. The van der Waals surface area contributed by atoms with E-state index in [1.165, 1.54) is 6.07 Å². The van der Waals surface area contributed by atoms with Crippen LogP contribution >= 0.6 is 0 Å². The fraction of sp³-hybridized carbons (Fsp3) is 0.190. The average molecular weight is 394 g/mol. The minimum atomic E-state index is -0.256. The van der Waals surface area contributed by atoms with Crippen molar-refractivity contribution < 1.29 is 9.18 Å². The second kappa shape index (κ2) is 10.0. The molecule has 150 valence electrons. The van der Waals surface area contributed by atoms with Gasteiger partial charge in [0, 0.05) is 43.8 Å². The van der Waals surface area contributed by atoms with E-state index in [4.69, 9.17) is 0 Å². The number of halogens is 1. The molecule has 0 spiro atoms. The van der Waals surface area contributed by atoms with Gasteiger partial charge in [-0.1, -0.05) is 30.3 Å². The molecule has 7 nitrogen and oxygen atoms in total. The van der Waals surface area contributed by atoms with Crippen LogP contribution in [0, 0.1) is 5.82 Å². The Morgan fingerprint density at radius 1 is 1.10 bits per heavy atom. The Hall–Kier alpha value is -3.68. The molecule has 8 heteroatoms. The lowest BCUT2D eigenvalue weighted by Crippen LogP contribution is -2.36. The topological polar surface area (TPSA) is 83.3 Å². The number of rotatable bonds is 7. The Bertz CT molecular complexity index is 971. The van der Waals surface area contributed by atoms with Crippen molar-refractivity contribution in [3.05, 3.63) is 83.9 Å². The Kier molecular flexibility index (Phi) is 6.94. The van der Waals surface area contributed by atoms with Gasteiger partial charge in [-0.2, -0.15) is 5.10 Å². The number of hydrogen-bond donors (Lipinski definition) is 3. The highest BCUT2D eigenvalue weighted by Crippen LogP contribution is 2.11. The number of nitrogens with one attached hydrogen (secondary N) is 3. The van der Waals surface area contributed by atoms with Crippen LogP contribution in [0.3, 0.4) is 0 Å². The molecule has 0 aliphatic heterocycles. The molecule has 1 aromatic heterocycles. The van der Waals surface area contributed by atoms with Crippen LogP contribution in [0.1, 0.15) is 11.1 Å². The van der Waals surface area contributed by atoms with Crippen molar-refractivity contribution in [2.45, 2.75) is 19.6 Å². The van der Waals surface area contributed by atoms with Gasteiger partial charge in [-0.05, 0) is 29.8 Å². The second-order valence-electron chi connectivity index (χ2n) is 6.32. The zero-order valence-corrected chi connectivity index (χ0v) is 16.1. The van der Waals surface area contributed by atoms with E-state index in [2.05, 4.69) is 26.0 Å². The van der Waals surface area contributed by atoms with Gasteiger partial charge in [-0.15, -0.1) is 0 Å². The minimum absolute atomic E-state index is 0.152. The molecule has 0 bridgehead atoms. The molecule has 0 fully saturated rings. The van der Waals surface area contributed by atoms with Crippen molar-refractivity contribution in [3.63, 3.8) is 0 Å². The number of aromatic nitrogens is 2. The highest BCUT2D eigenvalue weighted by Gasteiger charge is 2.06. The predicted molar refractivity (Wildman–Crippen MR) is 111 cm³/mol. The summed E-state index contributed by atoms with van der Waals surface area (Å²) in [6.45, 7) is 0.984. The molecule has 3 N–H and O–H groups in total. The van der Waals surface area contributed by atoms with Crippen molar-refractivity contribution in [3.8, 4) is 0 Å². The van der Waals surface area contributed by atoms with Gasteiger partial charge >= 0.3 is 0 Å². The molecule has 2 aromatic carbocycles. The van der Waals surface area contributed by atoms with Gasteiger partial charge in [0.2, 0.25) is 5.91 Å². The third-order valence-electron chi connectivity index (χ3n) is 4.16. The lowest BCUT2D eigenvalue weighted by atomic mass is 10.2. The van der Waals surface area contributed by atoms with E-state index in [0.29, 0.717) is 30.3 Å². The first-order valence-electron chi connectivity index (χ1n) is 9.18. The number of guanidine groups is 1. The maximum Gasteiger partial charge on any atom is 0.246 e. The molecule has 0 aliphatic rings. The Morgan fingerprint density at radius 3 is 2.69 bits per heavy atom. The number of carbonyl (C=O) groups excluding carboxylic acids is 1. The summed E-state index contributed by atoms with van der Waals surface area (Å²) in [5.41, 5.74) is 2.24. The van der Waals surface area contributed by atoms with Gasteiger partial charge in [0.1, 0.15) is 12.4 Å². The largest absolute Gasteiger partial charge is 0.352 e. The summed E-state index contributed by atoms with van der Waals surface area (Å²) in [6, 6.07) is 15.9. The van der Waals surface area contributed by atoms with Crippen molar-refractivity contribution >= 4 is 17.6 Å². The number of carbonyl (C=O) groups is 1. The summed E-state index contributed by atoms with van der Waals surface area (Å²) in [4.78, 5) is 16.3. The molecular weight excluding hydrogens is 371 g/mol. The fourth-order valence-electron chi connectivity index (χ4n) is 2.73. The molecule has 0 atom stereocenters. The number of hydrogen-bond acceptors (Lipinski definition) is 3. The molecule has 0 saturated carbocycles.